The number of carbonyl (C=O) groups excluding carboxylic acids is 1. The highest BCUT2D eigenvalue weighted by atomic mass is 19.1. The predicted molar refractivity (Wildman–Crippen MR) is 78.0 cm³/mol. The SMILES string of the molecule is CC(C)c1nccc(N2CCC(F)(C(=O)NC3CC3)C2)n1. The van der Waals surface area contributed by atoms with E-state index in [2.05, 4.69) is 15.3 Å². The molecule has 0 radical (unpaired) electrons. The van der Waals surface area contributed by atoms with Crippen LogP contribution >= 0.6 is 0 Å². The minimum Gasteiger partial charge on any atom is -0.353 e. The van der Waals surface area contributed by atoms with Crippen LogP contribution < -0.4 is 10.2 Å². The summed E-state index contributed by atoms with van der Waals surface area (Å²) in [6, 6.07) is 1.96. The molecule has 3 rings (SSSR count). The molecule has 0 aromatic carbocycles. The summed E-state index contributed by atoms with van der Waals surface area (Å²) in [6.07, 6.45) is 3.84. The lowest BCUT2D eigenvalue weighted by Crippen LogP contribution is -2.46. The molecule has 1 saturated heterocycles. The molecule has 6 heteroatoms. The Morgan fingerprint density at radius 3 is 2.95 bits per heavy atom. The van der Waals surface area contributed by atoms with Gasteiger partial charge in [-0.25, -0.2) is 14.4 Å². The highest BCUT2D eigenvalue weighted by molar-refractivity contribution is 5.87. The van der Waals surface area contributed by atoms with Crippen LogP contribution in [0, 0.1) is 0 Å². The Balaban J connectivity index is 1.70. The number of hydrogen-bond donors (Lipinski definition) is 1. The molecule has 1 unspecified atom stereocenters. The smallest absolute Gasteiger partial charge is 0.259 e. The first-order valence-corrected chi connectivity index (χ1v) is 7.56. The van der Waals surface area contributed by atoms with E-state index in [1.807, 2.05) is 18.7 Å². The second-order valence-electron chi connectivity index (χ2n) is 6.31. The van der Waals surface area contributed by atoms with Crippen LogP contribution in [0.3, 0.4) is 0 Å². The van der Waals surface area contributed by atoms with E-state index < -0.39 is 11.6 Å². The lowest BCUT2D eigenvalue weighted by molar-refractivity contribution is -0.131. The summed E-state index contributed by atoms with van der Waals surface area (Å²) < 4.78 is 14.8. The van der Waals surface area contributed by atoms with Crippen molar-refractivity contribution < 1.29 is 9.18 Å². The number of rotatable bonds is 4. The van der Waals surface area contributed by atoms with Crippen LogP contribution in [0.15, 0.2) is 12.3 Å². The normalized spacial score (nSPS) is 25.4. The van der Waals surface area contributed by atoms with Crippen molar-refractivity contribution in [3.63, 3.8) is 0 Å². The minimum atomic E-state index is -1.80. The molecule has 1 aliphatic heterocycles. The molecule has 1 aromatic rings. The zero-order valence-electron chi connectivity index (χ0n) is 12.5. The lowest BCUT2D eigenvalue weighted by Gasteiger charge is -2.21. The molecule has 2 heterocycles. The molecule has 1 amide bonds. The van der Waals surface area contributed by atoms with Crippen LogP contribution in [0.2, 0.25) is 0 Å². The summed E-state index contributed by atoms with van der Waals surface area (Å²) in [4.78, 5) is 22.5. The summed E-state index contributed by atoms with van der Waals surface area (Å²) in [5.74, 6) is 1.20. The molecular formula is C15H21FN4O. The first-order chi connectivity index (χ1) is 9.98. The molecule has 1 saturated carbocycles. The number of alkyl halides is 1. The van der Waals surface area contributed by atoms with Gasteiger partial charge in [-0.3, -0.25) is 4.79 Å². The second-order valence-corrected chi connectivity index (χ2v) is 6.31. The van der Waals surface area contributed by atoms with Gasteiger partial charge in [-0.15, -0.1) is 0 Å². The van der Waals surface area contributed by atoms with Crippen LogP contribution in [0.25, 0.3) is 0 Å². The third kappa shape index (κ3) is 2.99. The summed E-state index contributed by atoms with van der Waals surface area (Å²) in [7, 11) is 0. The maximum Gasteiger partial charge on any atom is 0.259 e. The maximum atomic E-state index is 14.8. The van der Waals surface area contributed by atoms with Gasteiger partial charge in [0.15, 0.2) is 0 Å². The lowest BCUT2D eigenvalue weighted by atomic mass is 10.1. The monoisotopic (exact) mass is 292 g/mol. The molecule has 114 valence electrons. The first-order valence-electron chi connectivity index (χ1n) is 7.56. The van der Waals surface area contributed by atoms with Crippen LogP contribution in [0.1, 0.15) is 44.9 Å². The maximum absolute atomic E-state index is 14.8. The molecule has 21 heavy (non-hydrogen) atoms. The van der Waals surface area contributed by atoms with Crippen molar-refractivity contribution in [2.45, 2.75) is 50.7 Å². The van der Waals surface area contributed by atoms with E-state index in [1.165, 1.54) is 0 Å². The predicted octanol–water partition coefficient (Wildman–Crippen LogP) is 1.80. The number of nitrogens with zero attached hydrogens (tertiary/aromatic N) is 3. The first kappa shape index (κ1) is 14.2. The fourth-order valence-corrected chi connectivity index (χ4v) is 2.51. The van der Waals surface area contributed by atoms with Gasteiger partial charge in [0, 0.05) is 31.1 Å². The number of halogens is 1. The molecule has 1 aliphatic carbocycles. The van der Waals surface area contributed by atoms with Gasteiger partial charge < -0.3 is 10.2 Å². The molecule has 1 N–H and O–H groups in total. The highest BCUT2D eigenvalue weighted by Gasteiger charge is 2.47. The molecular weight excluding hydrogens is 271 g/mol. The molecule has 0 bridgehead atoms. The van der Waals surface area contributed by atoms with Crippen molar-refractivity contribution in [2.75, 3.05) is 18.0 Å². The fourth-order valence-electron chi connectivity index (χ4n) is 2.51. The number of amides is 1. The van der Waals surface area contributed by atoms with E-state index in [4.69, 9.17) is 0 Å². The summed E-state index contributed by atoms with van der Waals surface area (Å²) in [5.41, 5.74) is -1.80. The Kier molecular flexibility index (Phi) is 3.55. The molecule has 0 spiro atoms. The Bertz CT molecular complexity index is 546. The molecule has 5 nitrogen and oxygen atoms in total. The fraction of sp³-hybridized carbons (Fsp3) is 0.667. The van der Waals surface area contributed by atoms with E-state index in [0.717, 1.165) is 18.7 Å². The third-order valence-corrected chi connectivity index (χ3v) is 4.04. The van der Waals surface area contributed by atoms with Crippen molar-refractivity contribution >= 4 is 11.7 Å². The van der Waals surface area contributed by atoms with Gasteiger partial charge >= 0.3 is 0 Å². The van der Waals surface area contributed by atoms with Crippen LogP contribution in [0.5, 0.6) is 0 Å². The van der Waals surface area contributed by atoms with Gasteiger partial charge in [0.25, 0.3) is 5.91 Å². The van der Waals surface area contributed by atoms with Crippen molar-refractivity contribution in [1.29, 1.82) is 0 Å². The van der Waals surface area contributed by atoms with E-state index in [0.29, 0.717) is 12.4 Å². The molecule has 2 fully saturated rings. The number of hydrogen-bond acceptors (Lipinski definition) is 4. The average molecular weight is 292 g/mol. The van der Waals surface area contributed by atoms with E-state index in [1.54, 1.807) is 12.3 Å². The van der Waals surface area contributed by atoms with Crippen LogP contribution in [-0.4, -0.2) is 40.7 Å². The van der Waals surface area contributed by atoms with E-state index in [9.17, 15) is 9.18 Å². The van der Waals surface area contributed by atoms with Crippen molar-refractivity contribution in [3.8, 4) is 0 Å². The van der Waals surface area contributed by atoms with Crippen molar-refractivity contribution in [2.24, 2.45) is 0 Å². The largest absolute Gasteiger partial charge is 0.353 e. The van der Waals surface area contributed by atoms with E-state index in [-0.39, 0.29) is 24.9 Å². The third-order valence-electron chi connectivity index (χ3n) is 4.04. The minimum absolute atomic E-state index is 0.0695. The quantitative estimate of drug-likeness (QED) is 0.919. The summed E-state index contributed by atoms with van der Waals surface area (Å²) in [6.45, 7) is 4.61. The van der Waals surface area contributed by atoms with Gasteiger partial charge in [0.1, 0.15) is 11.6 Å². The van der Waals surface area contributed by atoms with Gasteiger partial charge in [-0.1, -0.05) is 13.8 Å². The standard InChI is InChI=1S/C15H21FN4O/c1-10(2)13-17-7-5-12(19-13)20-8-6-15(16,9-20)14(21)18-11-3-4-11/h5,7,10-11H,3-4,6,8-9H2,1-2H3,(H,18,21). The number of aromatic nitrogens is 2. The van der Waals surface area contributed by atoms with Gasteiger partial charge in [-0.05, 0) is 18.9 Å². The van der Waals surface area contributed by atoms with Crippen LogP contribution in [-0.2, 0) is 4.79 Å². The van der Waals surface area contributed by atoms with Gasteiger partial charge in [-0.2, -0.15) is 0 Å². The second kappa shape index (κ2) is 5.24. The Morgan fingerprint density at radius 1 is 1.52 bits per heavy atom. The topological polar surface area (TPSA) is 58.1 Å². The Morgan fingerprint density at radius 2 is 2.29 bits per heavy atom. The summed E-state index contributed by atoms with van der Waals surface area (Å²) >= 11 is 0. The molecule has 1 aromatic heterocycles. The molecule has 1 atom stereocenters. The zero-order chi connectivity index (χ0) is 15.0. The highest BCUT2D eigenvalue weighted by Crippen LogP contribution is 2.31. The number of nitrogens with one attached hydrogen (secondary N) is 1. The molecule has 2 aliphatic rings. The van der Waals surface area contributed by atoms with Gasteiger partial charge in [0.2, 0.25) is 5.67 Å². The van der Waals surface area contributed by atoms with Crippen molar-refractivity contribution in [1.82, 2.24) is 15.3 Å². The average Bonchev–Trinajstić information content (AvgIpc) is 3.18. The van der Waals surface area contributed by atoms with Crippen molar-refractivity contribution in [3.05, 3.63) is 18.1 Å². The Hall–Kier alpha value is -1.72. The van der Waals surface area contributed by atoms with E-state index >= 15 is 0 Å². The van der Waals surface area contributed by atoms with Crippen LogP contribution in [0.4, 0.5) is 10.2 Å². The number of carbonyl (C=O) groups is 1. The number of anilines is 1. The van der Waals surface area contributed by atoms with Gasteiger partial charge in [0.05, 0.1) is 6.54 Å². The summed E-state index contributed by atoms with van der Waals surface area (Å²) in [5, 5.41) is 2.76. The Labute approximate surface area is 124 Å². The zero-order valence-corrected chi connectivity index (χ0v) is 12.5.